The van der Waals surface area contributed by atoms with Gasteiger partial charge in [0.15, 0.2) is 5.78 Å². The maximum absolute atomic E-state index is 14.5. The predicted octanol–water partition coefficient (Wildman–Crippen LogP) is 6.67. The molecule has 1 heterocycles. The van der Waals surface area contributed by atoms with Crippen LogP contribution in [0.5, 0.6) is 5.75 Å². The Morgan fingerprint density at radius 1 is 0.807 bits per heavy atom. The van der Waals surface area contributed by atoms with Crippen LogP contribution in [-0.2, 0) is 65.5 Å². The number of aliphatic hydroxyl groups excluding tert-OH is 1. The molecule has 1 unspecified atom stereocenters. The number of esters is 2. The largest absolute Gasteiger partial charge is 0.497 e. The van der Waals surface area contributed by atoms with Crippen LogP contribution in [0, 0.1) is 23.7 Å². The summed E-state index contributed by atoms with van der Waals surface area (Å²) in [5.41, 5.74) is 1.28. The van der Waals surface area contributed by atoms with Gasteiger partial charge in [0, 0.05) is 20.0 Å². The van der Waals surface area contributed by atoms with E-state index in [1.165, 1.54) is 32.9 Å². The van der Waals surface area contributed by atoms with Crippen molar-refractivity contribution in [3.63, 3.8) is 0 Å². The number of amides is 6. The van der Waals surface area contributed by atoms with Gasteiger partial charge in [-0.15, -0.1) is 0 Å². The van der Waals surface area contributed by atoms with E-state index in [1.807, 2.05) is 38.1 Å². The minimum Gasteiger partial charge on any atom is -0.497 e. The van der Waals surface area contributed by atoms with Gasteiger partial charge in [-0.3, -0.25) is 28.9 Å². The van der Waals surface area contributed by atoms with E-state index < -0.39 is 132 Å². The third-order valence-electron chi connectivity index (χ3n) is 14.7. The second kappa shape index (κ2) is 32.5. The number of carbonyl (C=O) groups excluding carboxylic acids is 9. The summed E-state index contributed by atoms with van der Waals surface area (Å²) in [6, 6.07) is 8.50. The first-order valence-corrected chi connectivity index (χ1v) is 28.8. The summed E-state index contributed by atoms with van der Waals surface area (Å²) in [5.74, 6) is -6.95. The molecule has 2 aliphatic rings. The van der Waals surface area contributed by atoms with E-state index in [0.717, 1.165) is 23.3 Å². The highest BCUT2D eigenvalue weighted by Crippen LogP contribution is 2.25. The van der Waals surface area contributed by atoms with Crippen LogP contribution in [0.2, 0.25) is 0 Å². The summed E-state index contributed by atoms with van der Waals surface area (Å²) < 4.78 is 27.9. The number of alkyl carbamates (subject to hydrolysis) is 1. The minimum atomic E-state index is -1.66. The Morgan fingerprint density at radius 2 is 1.48 bits per heavy atom. The molecule has 0 aromatic heterocycles. The number of benzene rings is 2. The van der Waals surface area contributed by atoms with Crippen molar-refractivity contribution in [3.8, 4) is 5.75 Å². The maximum atomic E-state index is 14.5. The zero-order chi connectivity index (χ0) is 61.7. The van der Waals surface area contributed by atoms with Gasteiger partial charge in [0.2, 0.25) is 23.6 Å². The van der Waals surface area contributed by atoms with Crippen molar-refractivity contribution in [3.05, 3.63) is 89.5 Å². The monoisotopic (exact) mass is 1160 g/mol. The van der Waals surface area contributed by atoms with Crippen molar-refractivity contribution in [2.24, 2.45) is 23.7 Å². The lowest BCUT2D eigenvalue weighted by molar-refractivity contribution is -0.156. The number of ether oxygens (including phenoxy) is 5. The summed E-state index contributed by atoms with van der Waals surface area (Å²) in [4.78, 5) is 128. The molecule has 83 heavy (non-hydrogen) atoms. The molecule has 6 amide bonds. The van der Waals surface area contributed by atoms with E-state index >= 15 is 0 Å². The minimum absolute atomic E-state index is 0.0556. The standard InChI is InChI=1S/C62H90N6O15/c1-14-39(6)52(49(69)34-50(70)64-51(38(4)5)54(71)40(7)55(72)63-46(32-37(2)3)57(74)68-31-21-26-47(68)58(75)80-35-43-22-17-15-18-23-43)65-56(73)53(66-60(77)83-62(9,10)11)41(8)82-59(76)48(33-42-27-29-45(79-13)30-28-42)67(12)61(78)81-36-44-24-19-16-20-25-44/h15-17,19-20,22,24-25,27-30,37-41,46-49,51-53,69H,14,18,21,23,26,31-36H2,1-13H3,(H,63,72)(H,64,70)(H,65,73)(H,66,77)/t39-,40?,41+,46-,47-,48-,49-,51-,52+,53-/m0/s1. The average Bonchev–Trinajstić information content (AvgIpc) is 4.23. The van der Waals surface area contributed by atoms with E-state index in [-0.39, 0.29) is 38.5 Å². The molecule has 0 spiro atoms. The van der Waals surface area contributed by atoms with Crippen LogP contribution in [-0.4, -0.2) is 150 Å². The highest BCUT2D eigenvalue weighted by molar-refractivity contribution is 6.05. The first-order valence-electron chi connectivity index (χ1n) is 28.8. The number of likely N-dealkylation sites (N-methyl/N-ethyl adjacent to an activating group) is 1. The topological polar surface area (TPSA) is 275 Å². The van der Waals surface area contributed by atoms with Crippen LogP contribution < -0.4 is 26.0 Å². The summed E-state index contributed by atoms with van der Waals surface area (Å²) in [7, 11) is 2.88. The van der Waals surface area contributed by atoms with Crippen LogP contribution in [0.4, 0.5) is 9.59 Å². The zero-order valence-electron chi connectivity index (χ0n) is 50.7. The number of hydrogen-bond acceptors (Lipinski definition) is 15. The Bertz CT molecular complexity index is 2580. The van der Waals surface area contributed by atoms with Crippen LogP contribution in [0.1, 0.15) is 132 Å². The van der Waals surface area contributed by atoms with Crippen molar-refractivity contribution in [1.29, 1.82) is 0 Å². The molecule has 21 nitrogen and oxygen atoms in total. The van der Waals surface area contributed by atoms with E-state index in [4.69, 9.17) is 23.7 Å². The van der Waals surface area contributed by atoms with Crippen molar-refractivity contribution in [2.45, 2.75) is 188 Å². The number of nitrogens with zero attached hydrogens (tertiary/aromatic N) is 2. The molecule has 10 atom stereocenters. The second-order valence-electron chi connectivity index (χ2n) is 23.4. The summed E-state index contributed by atoms with van der Waals surface area (Å²) >= 11 is 0. The fraction of sp³-hybridized carbons (Fsp3) is 0.597. The maximum Gasteiger partial charge on any atom is 0.410 e. The van der Waals surface area contributed by atoms with Gasteiger partial charge in [0.25, 0.3) is 0 Å². The lowest BCUT2D eigenvalue weighted by atomic mass is 9.89. The molecule has 2 aromatic carbocycles. The smallest absolute Gasteiger partial charge is 0.410 e. The van der Waals surface area contributed by atoms with Gasteiger partial charge in [-0.05, 0) is 113 Å². The molecule has 4 rings (SSSR count). The number of likely N-dealkylation sites (tertiary alicyclic amines) is 1. The molecule has 458 valence electrons. The normalized spacial score (nSPS) is 17.4. The molecule has 2 aromatic rings. The van der Waals surface area contributed by atoms with Crippen molar-refractivity contribution >= 4 is 53.5 Å². The van der Waals surface area contributed by atoms with Crippen molar-refractivity contribution < 1.29 is 71.9 Å². The van der Waals surface area contributed by atoms with Gasteiger partial charge < -0.3 is 55.0 Å². The number of rotatable bonds is 29. The molecule has 1 aliphatic carbocycles. The molecule has 0 radical (unpaired) electrons. The quantitative estimate of drug-likeness (QED) is 0.0323. The van der Waals surface area contributed by atoms with E-state index in [1.54, 1.807) is 97.0 Å². The Kier molecular flexibility index (Phi) is 26.7. The zero-order valence-corrected chi connectivity index (χ0v) is 50.7. The molecule has 1 saturated heterocycles. The fourth-order valence-electron chi connectivity index (χ4n) is 9.61. The first-order chi connectivity index (χ1) is 39.1. The predicted molar refractivity (Wildman–Crippen MR) is 310 cm³/mol. The van der Waals surface area contributed by atoms with Gasteiger partial charge in [0.05, 0.1) is 37.6 Å². The Morgan fingerprint density at radius 3 is 2.07 bits per heavy atom. The van der Waals surface area contributed by atoms with Crippen LogP contribution in [0.25, 0.3) is 0 Å². The Hall–Kier alpha value is -7.29. The van der Waals surface area contributed by atoms with Crippen LogP contribution in [0.3, 0.4) is 0 Å². The van der Waals surface area contributed by atoms with Gasteiger partial charge in [-0.25, -0.2) is 19.2 Å². The molecule has 0 saturated carbocycles. The summed E-state index contributed by atoms with van der Waals surface area (Å²) in [5, 5.41) is 22.5. The number of methoxy groups -OCH3 is 1. The molecular weight excluding hydrogens is 1070 g/mol. The summed E-state index contributed by atoms with van der Waals surface area (Å²) in [6.45, 7) is 18.6. The van der Waals surface area contributed by atoms with Crippen molar-refractivity contribution in [1.82, 2.24) is 31.1 Å². The number of carbonyl (C=O) groups is 9. The second-order valence-corrected chi connectivity index (χ2v) is 23.4. The average molecular weight is 1160 g/mol. The lowest BCUT2D eigenvalue weighted by Crippen LogP contribution is -2.59. The van der Waals surface area contributed by atoms with Crippen LogP contribution >= 0.6 is 0 Å². The third-order valence-corrected chi connectivity index (χ3v) is 14.7. The molecule has 0 bridgehead atoms. The van der Waals surface area contributed by atoms with Crippen LogP contribution in [0.15, 0.2) is 78.4 Å². The lowest BCUT2D eigenvalue weighted by Gasteiger charge is -2.33. The van der Waals surface area contributed by atoms with Gasteiger partial charge in [-0.2, -0.15) is 0 Å². The number of nitrogens with one attached hydrogen (secondary N) is 4. The molecule has 21 heteroatoms. The van der Waals surface area contributed by atoms with Crippen molar-refractivity contribution in [2.75, 3.05) is 27.3 Å². The van der Waals surface area contributed by atoms with E-state index in [2.05, 4.69) is 21.3 Å². The molecular formula is C62H90N6O15. The third kappa shape index (κ3) is 21.4. The number of aliphatic hydroxyl groups is 1. The van der Waals surface area contributed by atoms with E-state index in [0.29, 0.717) is 36.1 Å². The van der Waals surface area contributed by atoms with Gasteiger partial charge in [0.1, 0.15) is 54.8 Å². The first kappa shape index (κ1) is 68.2. The fourth-order valence-corrected chi connectivity index (χ4v) is 9.61. The van der Waals surface area contributed by atoms with Gasteiger partial charge >= 0.3 is 24.1 Å². The number of Topliss-reactive ketones (excluding diaryl/α,β-unsaturated/α-hetero) is 1. The highest BCUT2D eigenvalue weighted by atomic mass is 16.6. The Balaban J connectivity index is 1.49. The number of allylic oxidation sites excluding steroid dienone is 3. The highest BCUT2D eigenvalue weighted by Gasteiger charge is 2.42. The Labute approximate surface area is 489 Å². The SMILES string of the molecule is CC[C@H](C)[C@@H](NC(=O)[C@@H](NC(=O)OC(C)(C)C)[C@@H](C)OC(=O)[C@H](Cc1ccc(OC)cc1)N(C)C(=O)OCc1ccccc1)[C@@H](O)CC(=O)N[C@H](C(=O)C(C)C(=O)N[C@@H](CC(C)C)C(=O)N1CCC[C@H]1C(=O)OCC1=CC=CCC1)C(C)C. The number of hydrogen-bond donors (Lipinski definition) is 5. The number of ketones is 1. The molecule has 1 aliphatic heterocycles. The van der Waals surface area contributed by atoms with Gasteiger partial charge in [-0.1, -0.05) is 109 Å². The molecule has 1 fully saturated rings. The summed E-state index contributed by atoms with van der Waals surface area (Å²) in [6.07, 6.45) is 3.46. The van der Waals surface area contributed by atoms with E-state index in [9.17, 15) is 48.3 Å². The molecule has 5 N–H and O–H groups in total.